The summed E-state index contributed by atoms with van der Waals surface area (Å²) in [6.07, 6.45) is 1.23. The van der Waals surface area contributed by atoms with Crippen LogP contribution in [0.5, 0.6) is 0 Å². The number of hydrogen-bond donors (Lipinski definition) is 2. The van der Waals surface area contributed by atoms with Crippen molar-refractivity contribution in [1.29, 1.82) is 0 Å². The molecule has 0 saturated heterocycles. The molecule has 1 amide bonds. The zero-order valence-electron chi connectivity index (χ0n) is 13.5. The third-order valence-corrected chi connectivity index (χ3v) is 4.54. The molecule has 0 aliphatic carbocycles. The van der Waals surface area contributed by atoms with E-state index >= 15 is 0 Å². The highest BCUT2D eigenvalue weighted by atomic mass is 32.1. The Morgan fingerprint density at radius 1 is 1.38 bits per heavy atom. The minimum absolute atomic E-state index is 0.148. The summed E-state index contributed by atoms with van der Waals surface area (Å²) in [5.74, 6) is -1.94. The summed E-state index contributed by atoms with van der Waals surface area (Å²) in [6, 6.07) is 6.39. The molecule has 1 aromatic heterocycles. The van der Waals surface area contributed by atoms with E-state index in [-0.39, 0.29) is 17.9 Å². The lowest BCUT2D eigenvalue weighted by molar-refractivity contribution is -0.144. The van der Waals surface area contributed by atoms with Gasteiger partial charge < -0.3 is 10.4 Å². The lowest BCUT2D eigenvalue weighted by Crippen LogP contribution is -2.52. The fourth-order valence-corrected chi connectivity index (χ4v) is 3.14. The van der Waals surface area contributed by atoms with Gasteiger partial charge in [0, 0.05) is 11.8 Å². The van der Waals surface area contributed by atoms with Crippen molar-refractivity contribution in [3.63, 3.8) is 0 Å². The van der Waals surface area contributed by atoms with Crippen LogP contribution < -0.4 is 5.32 Å². The highest BCUT2D eigenvalue weighted by Gasteiger charge is 2.34. The number of carboxylic acids is 1. The van der Waals surface area contributed by atoms with Gasteiger partial charge in [-0.05, 0) is 25.0 Å². The Morgan fingerprint density at radius 3 is 2.71 bits per heavy atom. The first kappa shape index (κ1) is 18.1. The lowest BCUT2D eigenvalue weighted by atomic mass is 9.96. The van der Waals surface area contributed by atoms with E-state index in [0.29, 0.717) is 23.4 Å². The quantitative estimate of drug-likeness (QED) is 0.803. The summed E-state index contributed by atoms with van der Waals surface area (Å²) >= 11 is 1.24. The summed E-state index contributed by atoms with van der Waals surface area (Å²) in [7, 11) is 0. The monoisotopic (exact) mass is 350 g/mol. The van der Waals surface area contributed by atoms with Gasteiger partial charge in [0.2, 0.25) is 0 Å². The van der Waals surface area contributed by atoms with Crippen LogP contribution in [0.15, 0.2) is 29.6 Å². The van der Waals surface area contributed by atoms with Gasteiger partial charge in [-0.2, -0.15) is 0 Å². The topological polar surface area (TPSA) is 79.3 Å². The first-order valence-electron chi connectivity index (χ1n) is 7.59. The highest BCUT2D eigenvalue weighted by molar-refractivity contribution is 7.09. The molecule has 0 fully saturated rings. The number of nitrogens with zero attached hydrogens (tertiary/aromatic N) is 1. The third-order valence-electron chi connectivity index (χ3n) is 3.70. The number of nitrogens with one attached hydrogen (secondary N) is 1. The summed E-state index contributed by atoms with van der Waals surface area (Å²) in [4.78, 5) is 27.9. The van der Waals surface area contributed by atoms with Gasteiger partial charge in [-0.3, -0.25) is 4.79 Å². The molecule has 5 nitrogen and oxygen atoms in total. The number of carbonyl (C=O) groups is 2. The molecule has 0 aliphatic heterocycles. The van der Waals surface area contributed by atoms with Crippen LogP contribution in [0, 0.1) is 5.82 Å². The summed E-state index contributed by atoms with van der Waals surface area (Å²) in [6.45, 7) is 3.33. The van der Waals surface area contributed by atoms with Gasteiger partial charge in [-0.25, -0.2) is 14.2 Å². The zero-order chi connectivity index (χ0) is 17.7. The van der Waals surface area contributed by atoms with Crippen molar-refractivity contribution in [2.24, 2.45) is 0 Å². The molecule has 24 heavy (non-hydrogen) atoms. The second kappa shape index (κ2) is 7.53. The van der Waals surface area contributed by atoms with E-state index in [1.807, 2.05) is 6.92 Å². The predicted molar refractivity (Wildman–Crippen MR) is 89.7 cm³/mol. The van der Waals surface area contributed by atoms with Crippen molar-refractivity contribution in [2.75, 3.05) is 0 Å². The molecule has 1 heterocycles. The Kier molecular flexibility index (Phi) is 5.66. The maximum absolute atomic E-state index is 13.7. The standard InChI is InChI=1S/C17H19FN2O3S/c1-3-8-17(2,16(22)23)20-15(21)13-10-24-14(19-13)9-11-6-4-5-7-12(11)18/h4-7,10H,3,8-9H2,1-2H3,(H,20,21)(H,22,23). The van der Waals surface area contributed by atoms with Crippen LogP contribution in [0.4, 0.5) is 4.39 Å². The van der Waals surface area contributed by atoms with E-state index in [0.717, 1.165) is 0 Å². The number of halogens is 1. The molecular weight excluding hydrogens is 331 g/mol. The number of carboxylic acid groups (broad SMARTS) is 1. The van der Waals surface area contributed by atoms with E-state index in [2.05, 4.69) is 10.3 Å². The van der Waals surface area contributed by atoms with Crippen molar-refractivity contribution in [3.8, 4) is 0 Å². The summed E-state index contributed by atoms with van der Waals surface area (Å²) in [5, 5.41) is 14.0. The van der Waals surface area contributed by atoms with Gasteiger partial charge in [0.05, 0.1) is 5.01 Å². The average Bonchev–Trinajstić information content (AvgIpc) is 2.98. The number of hydrogen-bond acceptors (Lipinski definition) is 4. The first-order valence-corrected chi connectivity index (χ1v) is 8.47. The average molecular weight is 350 g/mol. The van der Waals surface area contributed by atoms with Crippen LogP contribution in [0.1, 0.15) is 47.7 Å². The Hall–Kier alpha value is -2.28. The summed E-state index contributed by atoms with van der Waals surface area (Å²) < 4.78 is 13.7. The minimum atomic E-state index is -1.33. The molecule has 0 radical (unpaired) electrons. The largest absolute Gasteiger partial charge is 0.480 e. The van der Waals surface area contributed by atoms with E-state index < -0.39 is 17.4 Å². The lowest BCUT2D eigenvalue weighted by Gasteiger charge is -2.25. The normalized spacial score (nSPS) is 13.3. The van der Waals surface area contributed by atoms with Crippen LogP contribution in [0.2, 0.25) is 0 Å². The highest BCUT2D eigenvalue weighted by Crippen LogP contribution is 2.18. The third kappa shape index (κ3) is 4.17. The molecule has 1 atom stereocenters. The van der Waals surface area contributed by atoms with Crippen LogP contribution in [0.25, 0.3) is 0 Å². The molecule has 7 heteroatoms. The Morgan fingerprint density at radius 2 is 2.08 bits per heavy atom. The molecule has 1 unspecified atom stereocenters. The van der Waals surface area contributed by atoms with E-state index in [9.17, 15) is 19.1 Å². The molecular formula is C17H19FN2O3S. The van der Waals surface area contributed by atoms with Gasteiger partial charge in [0.25, 0.3) is 5.91 Å². The maximum atomic E-state index is 13.7. The number of aromatic nitrogens is 1. The molecule has 2 rings (SSSR count). The molecule has 2 aromatic rings. The van der Waals surface area contributed by atoms with Gasteiger partial charge in [-0.15, -0.1) is 11.3 Å². The fraction of sp³-hybridized carbons (Fsp3) is 0.353. The van der Waals surface area contributed by atoms with Crippen molar-refractivity contribution in [2.45, 2.75) is 38.6 Å². The number of amides is 1. The molecule has 0 aliphatic rings. The van der Waals surface area contributed by atoms with Crippen molar-refractivity contribution in [3.05, 3.63) is 51.7 Å². The smallest absolute Gasteiger partial charge is 0.329 e. The van der Waals surface area contributed by atoms with Crippen LogP contribution in [0.3, 0.4) is 0 Å². The number of aliphatic carboxylic acids is 1. The van der Waals surface area contributed by atoms with Crippen molar-refractivity contribution < 1.29 is 19.1 Å². The number of benzene rings is 1. The SMILES string of the molecule is CCCC(C)(NC(=O)c1csc(Cc2ccccc2F)n1)C(=O)O. The predicted octanol–water partition coefficient (Wildman–Crippen LogP) is 3.25. The van der Waals surface area contributed by atoms with E-state index in [1.165, 1.54) is 24.3 Å². The molecule has 128 valence electrons. The van der Waals surface area contributed by atoms with Gasteiger partial charge in [0.15, 0.2) is 0 Å². The van der Waals surface area contributed by atoms with Crippen LogP contribution in [-0.2, 0) is 11.2 Å². The summed E-state index contributed by atoms with van der Waals surface area (Å²) in [5.41, 5.74) is -0.684. The van der Waals surface area contributed by atoms with E-state index in [4.69, 9.17) is 0 Å². The van der Waals surface area contributed by atoms with Gasteiger partial charge in [0.1, 0.15) is 17.1 Å². The molecule has 2 N–H and O–H groups in total. The fourth-order valence-electron chi connectivity index (χ4n) is 2.34. The van der Waals surface area contributed by atoms with E-state index in [1.54, 1.807) is 23.6 Å². The Balaban J connectivity index is 2.11. The van der Waals surface area contributed by atoms with Crippen LogP contribution >= 0.6 is 11.3 Å². The molecule has 0 bridgehead atoms. The van der Waals surface area contributed by atoms with Crippen LogP contribution in [-0.4, -0.2) is 27.5 Å². The molecule has 1 aromatic carbocycles. The minimum Gasteiger partial charge on any atom is -0.480 e. The second-order valence-corrected chi connectivity index (χ2v) is 6.68. The van der Waals surface area contributed by atoms with Crippen molar-refractivity contribution in [1.82, 2.24) is 10.3 Å². The van der Waals surface area contributed by atoms with Gasteiger partial charge >= 0.3 is 5.97 Å². The Bertz CT molecular complexity index is 747. The Labute approximate surface area is 143 Å². The van der Waals surface area contributed by atoms with Crippen molar-refractivity contribution >= 4 is 23.2 Å². The first-order chi connectivity index (χ1) is 11.4. The molecule has 0 spiro atoms. The number of rotatable bonds is 7. The second-order valence-electron chi connectivity index (χ2n) is 5.74. The zero-order valence-corrected chi connectivity index (χ0v) is 14.3. The molecule has 0 saturated carbocycles. The number of carbonyl (C=O) groups excluding carboxylic acids is 1. The van der Waals surface area contributed by atoms with Gasteiger partial charge in [-0.1, -0.05) is 31.5 Å². The number of thiazole rings is 1. The maximum Gasteiger partial charge on any atom is 0.329 e.